The van der Waals surface area contributed by atoms with E-state index in [-0.39, 0.29) is 5.25 Å². The van der Waals surface area contributed by atoms with Crippen molar-refractivity contribution >= 4 is 17.7 Å². The van der Waals surface area contributed by atoms with Crippen LogP contribution in [0, 0.1) is 0 Å². The highest BCUT2D eigenvalue weighted by Gasteiger charge is 2.30. The van der Waals surface area contributed by atoms with Crippen LogP contribution in [0.4, 0.5) is 0 Å². The Hall–Kier alpha value is -0.220. The summed E-state index contributed by atoms with van der Waals surface area (Å²) < 4.78 is 0. The van der Waals surface area contributed by atoms with Crippen LogP contribution >= 0.6 is 11.8 Å². The highest BCUT2D eigenvalue weighted by atomic mass is 32.2. The van der Waals surface area contributed by atoms with Gasteiger partial charge in [0.25, 0.3) is 0 Å². The molecule has 0 aromatic rings. The molecule has 1 aliphatic carbocycles. The van der Waals surface area contributed by atoms with Crippen molar-refractivity contribution in [2.75, 3.05) is 31.9 Å². The maximum Gasteiger partial charge on any atom is 0.235 e. The standard InChI is InChI=1S/C15H26N2OS/c18-15(14-7-3-12-19-14)17-9-4-8-16(10-11-17)13-5-1-2-6-13/h13-14H,1-12H2. The molecule has 0 bridgehead atoms. The van der Waals surface area contributed by atoms with E-state index in [4.69, 9.17) is 0 Å². The topological polar surface area (TPSA) is 23.6 Å². The molecule has 19 heavy (non-hydrogen) atoms. The van der Waals surface area contributed by atoms with E-state index in [2.05, 4.69) is 9.80 Å². The highest BCUT2D eigenvalue weighted by molar-refractivity contribution is 8.00. The van der Waals surface area contributed by atoms with Crippen LogP contribution in [0.1, 0.15) is 44.9 Å². The molecule has 3 rings (SSSR count). The van der Waals surface area contributed by atoms with Gasteiger partial charge in [-0.3, -0.25) is 9.69 Å². The zero-order valence-corrected chi connectivity index (χ0v) is 12.7. The molecular formula is C15H26N2OS. The third-order valence-corrected chi connectivity index (χ3v) is 6.25. The maximum absolute atomic E-state index is 12.5. The molecule has 0 N–H and O–H groups in total. The van der Waals surface area contributed by atoms with Crippen LogP contribution in [0.15, 0.2) is 0 Å². The molecule has 108 valence electrons. The monoisotopic (exact) mass is 282 g/mol. The first-order valence-electron chi connectivity index (χ1n) is 7.99. The van der Waals surface area contributed by atoms with Crippen molar-refractivity contribution < 1.29 is 4.79 Å². The van der Waals surface area contributed by atoms with E-state index in [1.165, 1.54) is 50.8 Å². The van der Waals surface area contributed by atoms with E-state index >= 15 is 0 Å². The first kappa shape index (κ1) is 13.7. The molecule has 2 heterocycles. The average molecular weight is 282 g/mol. The first-order valence-corrected chi connectivity index (χ1v) is 9.04. The number of hydrogen-bond donors (Lipinski definition) is 0. The fourth-order valence-corrected chi connectivity index (χ4v) is 5.01. The number of nitrogens with zero attached hydrogens (tertiary/aromatic N) is 2. The molecule has 1 saturated carbocycles. The number of hydrogen-bond acceptors (Lipinski definition) is 3. The summed E-state index contributed by atoms with van der Waals surface area (Å²) in [4.78, 5) is 17.3. The summed E-state index contributed by atoms with van der Waals surface area (Å²) in [6, 6.07) is 0.816. The molecule has 0 aromatic heterocycles. The van der Waals surface area contributed by atoms with Gasteiger partial charge in [0.05, 0.1) is 5.25 Å². The van der Waals surface area contributed by atoms with Crippen molar-refractivity contribution in [1.82, 2.24) is 9.80 Å². The van der Waals surface area contributed by atoms with Gasteiger partial charge in [-0.25, -0.2) is 0 Å². The van der Waals surface area contributed by atoms with Crippen molar-refractivity contribution in [3.8, 4) is 0 Å². The van der Waals surface area contributed by atoms with E-state index in [1.54, 1.807) is 0 Å². The Bertz CT molecular complexity index is 311. The van der Waals surface area contributed by atoms with Gasteiger partial charge in [0.2, 0.25) is 5.91 Å². The molecule has 4 heteroatoms. The number of amides is 1. The zero-order valence-electron chi connectivity index (χ0n) is 11.9. The lowest BCUT2D eigenvalue weighted by atomic mass is 10.2. The Kier molecular flexibility index (Phi) is 4.69. The second-order valence-corrected chi connectivity index (χ2v) is 7.47. The molecule has 1 amide bonds. The number of carbonyl (C=O) groups excluding carboxylic acids is 1. The fourth-order valence-electron chi connectivity index (χ4n) is 3.77. The highest BCUT2D eigenvalue weighted by Crippen LogP contribution is 2.29. The second kappa shape index (κ2) is 6.49. The average Bonchev–Trinajstić information content (AvgIpc) is 3.08. The van der Waals surface area contributed by atoms with Gasteiger partial charge in [-0.15, -0.1) is 11.8 Å². The summed E-state index contributed by atoms with van der Waals surface area (Å²) in [5, 5.41) is 0.276. The number of thioether (sulfide) groups is 1. The molecule has 0 aromatic carbocycles. The summed E-state index contributed by atoms with van der Waals surface area (Å²) >= 11 is 1.87. The Morgan fingerprint density at radius 1 is 0.895 bits per heavy atom. The minimum Gasteiger partial charge on any atom is -0.340 e. The van der Waals surface area contributed by atoms with Crippen molar-refractivity contribution in [3.05, 3.63) is 0 Å². The Balaban J connectivity index is 1.53. The molecule has 3 aliphatic rings. The summed E-state index contributed by atoms with van der Waals surface area (Å²) in [6.07, 6.45) is 9.07. The minimum absolute atomic E-state index is 0.276. The van der Waals surface area contributed by atoms with Crippen molar-refractivity contribution in [2.45, 2.75) is 56.2 Å². The molecule has 2 aliphatic heterocycles. The summed E-state index contributed by atoms with van der Waals surface area (Å²) in [6.45, 7) is 4.26. The third kappa shape index (κ3) is 3.27. The Labute approximate surface area is 121 Å². The van der Waals surface area contributed by atoms with E-state index in [0.717, 1.165) is 32.1 Å². The predicted octanol–water partition coefficient (Wildman–Crippen LogP) is 2.36. The Morgan fingerprint density at radius 3 is 2.47 bits per heavy atom. The largest absolute Gasteiger partial charge is 0.340 e. The SMILES string of the molecule is O=C(C1CCCS1)N1CCCN(C2CCCC2)CC1. The molecule has 0 spiro atoms. The quantitative estimate of drug-likeness (QED) is 0.777. The molecule has 0 radical (unpaired) electrons. The zero-order chi connectivity index (χ0) is 13.1. The van der Waals surface area contributed by atoms with Gasteiger partial charge in [0.1, 0.15) is 0 Å². The van der Waals surface area contributed by atoms with Crippen molar-refractivity contribution in [3.63, 3.8) is 0 Å². The van der Waals surface area contributed by atoms with Gasteiger partial charge in [0.15, 0.2) is 0 Å². The van der Waals surface area contributed by atoms with E-state index in [9.17, 15) is 4.79 Å². The molecule has 1 atom stereocenters. The van der Waals surface area contributed by atoms with Crippen LogP contribution in [0.5, 0.6) is 0 Å². The van der Waals surface area contributed by atoms with Crippen LogP contribution in [0.3, 0.4) is 0 Å². The van der Waals surface area contributed by atoms with E-state index in [1.807, 2.05) is 11.8 Å². The van der Waals surface area contributed by atoms with Crippen LogP contribution in [-0.4, -0.2) is 58.9 Å². The van der Waals surface area contributed by atoms with Crippen LogP contribution in [-0.2, 0) is 4.79 Å². The molecule has 3 fully saturated rings. The first-order chi connectivity index (χ1) is 9.34. The number of rotatable bonds is 2. The summed E-state index contributed by atoms with van der Waals surface area (Å²) in [5.74, 6) is 1.61. The fraction of sp³-hybridized carbons (Fsp3) is 0.933. The predicted molar refractivity (Wildman–Crippen MR) is 80.5 cm³/mol. The van der Waals surface area contributed by atoms with Crippen LogP contribution < -0.4 is 0 Å². The van der Waals surface area contributed by atoms with Crippen molar-refractivity contribution in [2.24, 2.45) is 0 Å². The third-order valence-electron chi connectivity index (χ3n) is 4.89. The van der Waals surface area contributed by atoms with Crippen LogP contribution in [0.2, 0.25) is 0 Å². The van der Waals surface area contributed by atoms with Gasteiger partial charge in [-0.05, 0) is 37.9 Å². The summed E-state index contributed by atoms with van der Waals surface area (Å²) in [7, 11) is 0. The van der Waals surface area contributed by atoms with E-state index in [0.29, 0.717) is 5.91 Å². The molecular weight excluding hydrogens is 256 g/mol. The van der Waals surface area contributed by atoms with E-state index < -0.39 is 0 Å². The van der Waals surface area contributed by atoms with Gasteiger partial charge in [-0.2, -0.15) is 0 Å². The van der Waals surface area contributed by atoms with Gasteiger partial charge >= 0.3 is 0 Å². The minimum atomic E-state index is 0.276. The Morgan fingerprint density at radius 2 is 1.74 bits per heavy atom. The number of carbonyl (C=O) groups is 1. The van der Waals surface area contributed by atoms with Crippen molar-refractivity contribution in [1.29, 1.82) is 0 Å². The van der Waals surface area contributed by atoms with Gasteiger partial charge < -0.3 is 4.90 Å². The normalized spacial score (nSPS) is 30.7. The lowest BCUT2D eigenvalue weighted by Gasteiger charge is -2.27. The molecule has 3 nitrogen and oxygen atoms in total. The molecule has 2 saturated heterocycles. The summed E-state index contributed by atoms with van der Waals surface area (Å²) in [5.41, 5.74) is 0. The van der Waals surface area contributed by atoms with Gasteiger partial charge in [0, 0.05) is 32.2 Å². The van der Waals surface area contributed by atoms with Crippen LogP contribution in [0.25, 0.3) is 0 Å². The lowest BCUT2D eigenvalue weighted by Crippen LogP contribution is -2.41. The smallest absolute Gasteiger partial charge is 0.235 e. The maximum atomic E-state index is 12.5. The van der Waals surface area contributed by atoms with Gasteiger partial charge in [-0.1, -0.05) is 12.8 Å². The lowest BCUT2D eigenvalue weighted by molar-refractivity contribution is -0.130. The second-order valence-electron chi connectivity index (χ2n) is 6.15. The molecule has 1 unspecified atom stereocenters.